The molecule has 6 heteroatoms. The van der Waals surface area contributed by atoms with Crippen LogP contribution in [-0.4, -0.2) is 49.3 Å². The first-order valence-electron chi connectivity index (χ1n) is 5.40. The van der Waals surface area contributed by atoms with Crippen molar-refractivity contribution in [1.82, 2.24) is 4.90 Å². The summed E-state index contributed by atoms with van der Waals surface area (Å²) in [5.41, 5.74) is 5.40. The van der Waals surface area contributed by atoms with E-state index < -0.39 is 0 Å². The van der Waals surface area contributed by atoms with Crippen LogP contribution < -0.4 is 5.73 Å². The molecule has 0 aliphatic heterocycles. The average molecular weight is 242 g/mol. The Morgan fingerprint density at radius 2 is 2.29 bits per heavy atom. The Hall–Kier alpha value is -1.37. The van der Waals surface area contributed by atoms with Crippen LogP contribution >= 0.6 is 0 Å². The smallest absolute Gasteiger partial charge is 0.289 e. The molecule has 3 N–H and O–H groups in total. The monoisotopic (exact) mass is 242 g/mol. The van der Waals surface area contributed by atoms with Crippen molar-refractivity contribution in [3.63, 3.8) is 0 Å². The van der Waals surface area contributed by atoms with E-state index in [1.165, 1.54) is 4.90 Å². The number of aliphatic hydroxyl groups is 1. The number of carbonyl (C=O) groups is 1. The maximum absolute atomic E-state index is 12.0. The molecule has 0 radical (unpaired) electrons. The molecule has 0 fully saturated rings. The van der Waals surface area contributed by atoms with Crippen molar-refractivity contribution in [2.24, 2.45) is 5.73 Å². The predicted molar refractivity (Wildman–Crippen MR) is 61.5 cm³/mol. The van der Waals surface area contributed by atoms with E-state index in [-0.39, 0.29) is 31.4 Å². The highest BCUT2D eigenvalue weighted by Crippen LogP contribution is 2.10. The molecule has 1 rings (SSSR count). The number of ether oxygens (including phenoxy) is 1. The first kappa shape index (κ1) is 13.7. The van der Waals surface area contributed by atoms with E-state index in [9.17, 15) is 4.79 Å². The summed E-state index contributed by atoms with van der Waals surface area (Å²) in [5, 5.41) is 8.90. The quantitative estimate of drug-likeness (QED) is 0.692. The topological polar surface area (TPSA) is 88.9 Å². The normalized spacial score (nSPS) is 10.5. The van der Waals surface area contributed by atoms with Crippen molar-refractivity contribution >= 4 is 5.91 Å². The van der Waals surface area contributed by atoms with E-state index in [4.69, 9.17) is 20.0 Å². The van der Waals surface area contributed by atoms with Gasteiger partial charge in [0.15, 0.2) is 5.76 Å². The second-order valence-electron chi connectivity index (χ2n) is 3.48. The fraction of sp³-hybridized carbons (Fsp3) is 0.545. The summed E-state index contributed by atoms with van der Waals surface area (Å²) < 4.78 is 10.2. The van der Waals surface area contributed by atoms with E-state index in [0.29, 0.717) is 18.9 Å². The Bertz CT molecular complexity index is 351. The molecule has 6 nitrogen and oxygen atoms in total. The Balaban J connectivity index is 2.68. The lowest BCUT2D eigenvalue weighted by molar-refractivity contribution is 0.0624. The van der Waals surface area contributed by atoms with Crippen LogP contribution in [0.3, 0.4) is 0 Å². The van der Waals surface area contributed by atoms with E-state index in [0.717, 1.165) is 0 Å². The summed E-state index contributed by atoms with van der Waals surface area (Å²) in [5.74, 6) is 0.523. The van der Waals surface area contributed by atoms with Crippen molar-refractivity contribution < 1.29 is 19.1 Å². The first-order valence-corrected chi connectivity index (χ1v) is 5.40. The summed E-state index contributed by atoms with van der Waals surface area (Å²) in [6.45, 7) is 1.23. The maximum Gasteiger partial charge on any atom is 0.289 e. The molecular formula is C11H18N2O4. The summed E-state index contributed by atoms with van der Waals surface area (Å²) in [6.07, 6.45) is 0. The number of methoxy groups -OCH3 is 1. The molecule has 1 aromatic heterocycles. The number of amides is 1. The van der Waals surface area contributed by atoms with Gasteiger partial charge in [-0.2, -0.15) is 0 Å². The fourth-order valence-electron chi connectivity index (χ4n) is 1.40. The van der Waals surface area contributed by atoms with Gasteiger partial charge in [0.25, 0.3) is 5.91 Å². The molecule has 0 aliphatic rings. The van der Waals surface area contributed by atoms with Gasteiger partial charge >= 0.3 is 0 Å². The molecule has 0 saturated carbocycles. The Labute approximate surface area is 99.9 Å². The Morgan fingerprint density at radius 3 is 2.82 bits per heavy atom. The van der Waals surface area contributed by atoms with Crippen molar-refractivity contribution in [2.75, 3.05) is 33.4 Å². The molecule has 0 atom stereocenters. The summed E-state index contributed by atoms with van der Waals surface area (Å²) in [6, 6.07) is 3.25. The minimum absolute atomic E-state index is 0.0973. The van der Waals surface area contributed by atoms with Crippen molar-refractivity contribution in [1.29, 1.82) is 0 Å². The number of nitrogens with two attached hydrogens (primary N) is 1. The van der Waals surface area contributed by atoms with E-state index >= 15 is 0 Å². The number of rotatable bonds is 7. The highest BCUT2D eigenvalue weighted by molar-refractivity contribution is 5.91. The highest BCUT2D eigenvalue weighted by Gasteiger charge is 2.18. The number of furan rings is 1. The van der Waals surface area contributed by atoms with Crippen molar-refractivity contribution in [3.05, 3.63) is 23.7 Å². The van der Waals surface area contributed by atoms with Crippen LogP contribution in [0.1, 0.15) is 16.3 Å². The second kappa shape index (κ2) is 7.05. The SMILES string of the molecule is COCCN(CCO)C(=O)c1ccc(CN)o1. The standard InChI is InChI=1S/C11H18N2O4/c1-16-7-5-13(4-6-14)11(15)10-3-2-9(8-12)17-10/h2-3,14H,4-8,12H2,1H3. The number of hydrogen-bond donors (Lipinski definition) is 2. The van der Waals surface area contributed by atoms with Crippen LogP contribution in [0.25, 0.3) is 0 Å². The van der Waals surface area contributed by atoms with Crippen molar-refractivity contribution in [3.8, 4) is 0 Å². The molecule has 0 aromatic carbocycles. The van der Waals surface area contributed by atoms with E-state index in [1.54, 1.807) is 19.2 Å². The first-order chi connectivity index (χ1) is 8.22. The lowest BCUT2D eigenvalue weighted by Gasteiger charge is -2.19. The van der Waals surface area contributed by atoms with Crippen LogP contribution in [-0.2, 0) is 11.3 Å². The second-order valence-corrected chi connectivity index (χ2v) is 3.48. The van der Waals surface area contributed by atoms with E-state index in [1.807, 2.05) is 0 Å². The molecule has 0 aliphatic carbocycles. The molecule has 96 valence electrons. The van der Waals surface area contributed by atoms with Crippen LogP contribution in [0, 0.1) is 0 Å². The average Bonchev–Trinajstić information content (AvgIpc) is 2.82. The van der Waals surface area contributed by atoms with Crippen LogP contribution in [0.5, 0.6) is 0 Å². The van der Waals surface area contributed by atoms with Gasteiger partial charge < -0.3 is 24.9 Å². The highest BCUT2D eigenvalue weighted by atomic mass is 16.5. The minimum Gasteiger partial charge on any atom is -0.455 e. The van der Waals surface area contributed by atoms with Gasteiger partial charge in [0, 0.05) is 20.2 Å². The van der Waals surface area contributed by atoms with Crippen molar-refractivity contribution in [2.45, 2.75) is 6.54 Å². The lowest BCUT2D eigenvalue weighted by Crippen LogP contribution is -2.36. The zero-order valence-electron chi connectivity index (χ0n) is 9.89. The molecule has 0 bridgehead atoms. The minimum atomic E-state index is -0.268. The summed E-state index contributed by atoms with van der Waals surface area (Å²) >= 11 is 0. The lowest BCUT2D eigenvalue weighted by atomic mass is 10.3. The van der Waals surface area contributed by atoms with Gasteiger partial charge in [0.2, 0.25) is 0 Å². The zero-order valence-corrected chi connectivity index (χ0v) is 9.89. The Morgan fingerprint density at radius 1 is 1.53 bits per heavy atom. The molecule has 1 heterocycles. The van der Waals surface area contributed by atoms with Gasteiger partial charge in [-0.3, -0.25) is 4.79 Å². The van der Waals surface area contributed by atoms with Gasteiger partial charge in [0.05, 0.1) is 19.8 Å². The third-order valence-electron chi connectivity index (χ3n) is 2.30. The van der Waals surface area contributed by atoms with Gasteiger partial charge in [-0.15, -0.1) is 0 Å². The number of aliphatic hydroxyl groups excluding tert-OH is 1. The molecule has 0 spiro atoms. The third-order valence-corrected chi connectivity index (χ3v) is 2.30. The van der Waals surface area contributed by atoms with Crippen LogP contribution in [0.2, 0.25) is 0 Å². The van der Waals surface area contributed by atoms with E-state index in [2.05, 4.69) is 0 Å². The van der Waals surface area contributed by atoms with Gasteiger partial charge in [-0.25, -0.2) is 0 Å². The largest absolute Gasteiger partial charge is 0.455 e. The molecule has 0 saturated heterocycles. The number of carbonyl (C=O) groups excluding carboxylic acids is 1. The zero-order chi connectivity index (χ0) is 12.7. The molecule has 1 amide bonds. The van der Waals surface area contributed by atoms with Crippen LogP contribution in [0.15, 0.2) is 16.5 Å². The fourth-order valence-corrected chi connectivity index (χ4v) is 1.40. The number of nitrogens with zero attached hydrogens (tertiary/aromatic N) is 1. The van der Waals surface area contributed by atoms with Gasteiger partial charge in [0.1, 0.15) is 5.76 Å². The predicted octanol–water partition coefficient (Wildman–Crippen LogP) is -0.181. The van der Waals surface area contributed by atoms with Gasteiger partial charge in [-0.05, 0) is 12.1 Å². The van der Waals surface area contributed by atoms with Gasteiger partial charge in [-0.1, -0.05) is 0 Å². The molecular weight excluding hydrogens is 224 g/mol. The molecule has 0 unspecified atom stereocenters. The molecule has 1 aromatic rings. The summed E-state index contributed by atoms with van der Waals surface area (Å²) in [7, 11) is 1.56. The van der Waals surface area contributed by atoms with Crippen LogP contribution in [0.4, 0.5) is 0 Å². The Kier molecular flexibility index (Phi) is 5.68. The number of hydrogen-bond acceptors (Lipinski definition) is 5. The molecule has 17 heavy (non-hydrogen) atoms. The third kappa shape index (κ3) is 3.85. The summed E-state index contributed by atoms with van der Waals surface area (Å²) in [4.78, 5) is 13.5. The maximum atomic E-state index is 12.0.